The van der Waals surface area contributed by atoms with Gasteiger partial charge in [0.2, 0.25) is 0 Å². The molecule has 0 spiro atoms. The predicted molar refractivity (Wildman–Crippen MR) is 118 cm³/mol. The molecule has 1 aliphatic rings. The lowest BCUT2D eigenvalue weighted by atomic mass is 10.2. The van der Waals surface area contributed by atoms with Gasteiger partial charge in [0.05, 0.1) is 11.4 Å². The SMILES string of the molecule is Cc1nn(-c2cccc(Cl)c2)c2sc(C(=O)OCC(=O)NC(=O)NC3CCCC3)cc12. The van der Waals surface area contributed by atoms with Crippen LogP contribution >= 0.6 is 22.9 Å². The number of fused-ring (bicyclic) bond motifs is 1. The van der Waals surface area contributed by atoms with E-state index in [0.717, 1.165) is 47.3 Å². The summed E-state index contributed by atoms with van der Waals surface area (Å²) in [5.74, 6) is -1.31. The van der Waals surface area contributed by atoms with Gasteiger partial charge in [-0.25, -0.2) is 14.3 Å². The fraction of sp³-hybridized carbons (Fsp3) is 0.333. The molecule has 0 bridgehead atoms. The molecular weight excluding hydrogens is 440 g/mol. The second-order valence-corrected chi connectivity index (χ2v) is 8.85. The van der Waals surface area contributed by atoms with E-state index in [4.69, 9.17) is 16.3 Å². The molecule has 3 amide bonds. The third-order valence-electron chi connectivity index (χ3n) is 5.08. The van der Waals surface area contributed by atoms with Gasteiger partial charge in [-0.3, -0.25) is 10.1 Å². The first-order chi connectivity index (χ1) is 14.9. The number of benzene rings is 1. The average Bonchev–Trinajstić information content (AvgIpc) is 3.45. The monoisotopic (exact) mass is 460 g/mol. The van der Waals surface area contributed by atoms with E-state index >= 15 is 0 Å². The summed E-state index contributed by atoms with van der Waals surface area (Å²) in [5.41, 5.74) is 1.53. The van der Waals surface area contributed by atoms with Crippen LogP contribution < -0.4 is 10.6 Å². The highest BCUT2D eigenvalue weighted by atomic mass is 35.5. The van der Waals surface area contributed by atoms with Crippen LogP contribution in [0.1, 0.15) is 41.0 Å². The first-order valence-electron chi connectivity index (χ1n) is 9.93. The van der Waals surface area contributed by atoms with Crippen LogP contribution in [-0.4, -0.2) is 40.3 Å². The minimum Gasteiger partial charge on any atom is -0.451 e. The third-order valence-corrected chi connectivity index (χ3v) is 6.40. The van der Waals surface area contributed by atoms with Crippen LogP contribution in [0.25, 0.3) is 15.9 Å². The maximum atomic E-state index is 12.5. The van der Waals surface area contributed by atoms with Gasteiger partial charge in [0.25, 0.3) is 5.91 Å². The van der Waals surface area contributed by atoms with Crippen molar-refractivity contribution < 1.29 is 19.1 Å². The van der Waals surface area contributed by atoms with Crippen molar-refractivity contribution in [2.24, 2.45) is 0 Å². The van der Waals surface area contributed by atoms with Gasteiger partial charge in [-0.15, -0.1) is 11.3 Å². The Morgan fingerprint density at radius 3 is 2.77 bits per heavy atom. The molecule has 2 N–H and O–H groups in total. The van der Waals surface area contributed by atoms with Gasteiger partial charge < -0.3 is 10.1 Å². The smallest absolute Gasteiger partial charge is 0.348 e. The maximum Gasteiger partial charge on any atom is 0.348 e. The first-order valence-corrected chi connectivity index (χ1v) is 11.1. The summed E-state index contributed by atoms with van der Waals surface area (Å²) in [6.07, 6.45) is 3.96. The van der Waals surface area contributed by atoms with Crippen LogP contribution in [-0.2, 0) is 9.53 Å². The topological polar surface area (TPSA) is 102 Å². The molecule has 1 aromatic carbocycles. The number of esters is 1. The number of nitrogens with one attached hydrogen (secondary N) is 2. The fourth-order valence-electron chi connectivity index (χ4n) is 3.59. The largest absolute Gasteiger partial charge is 0.451 e. The summed E-state index contributed by atoms with van der Waals surface area (Å²) in [6.45, 7) is 1.31. The zero-order chi connectivity index (χ0) is 22.0. The highest BCUT2D eigenvalue weighted by molar-refractivity contribution is 7.20. The molecule has 2 aromatic heterocycles. The molecule has 1 saturated carbocycles. The molecule has 0 aliphatic heterocycles. The molecule has 8 nitrogen and oxygen atoms in total. The molecule has 10 heteroatoms. The van der Waals surface area contributed by atoms with Crippen molar-refractivity contribution in [3.8, 4) is 5.69 Å². The van der Waals surface area contributed by atoms with Crippen molar-refractivity contribution in [1.29, 1.82) is 0 Å². The van der Waals surface area contributed by atoms with Crippen LogP contribution in [0.15, 0.2) is 30.3 Å². The Morgan fingerprint density at radius 1 is 1.26 bits per heavy atom. The molecule has 162 valence electrons. The lowest BCUT2D eigenvalue weighted by Crippen LogP contribution is -2.44. The number of hydrogen-bond acceptors (Lipinski definition) is 6. The zero-order valence-corrected chi connectivity index (χ0v) is 18.4. The van der Waals surface area contributed by atoms with Crippen molar-refractivity contribution in [2.45, 2.75) is 38.6 Å². The number of rotatable bonds is 5. The van der Waals surface area contributed by atoms with Crippen LogP contribution in [0.4, 0.5) is 4.79 Å². The standard InChI is InChI=1S/C21H21ClN4O4S/c1-12-16-10-17(31-19(16)26(25-12)15-8-4-5-13(22)9-15)20(28)30-11-18(27)24-21(29)23-14-6-2-3-7-14/h4-5,8-10,14H,2-3,6-7,11H2,1H3,(H2,23,24,27,29). The van der Waals surface area contributed by atoms with Gasteiger partial charge in [0.15, 0.2) is 6.61 Å². The number of imide groups is 1. The molecule has 0 radical (unpaired) electrons. The molecule has 1 aliphatic carbocycles. The Balaban J connectivity index is 1.39. The molecule has 2 heterocycles. The van der Waals surface area contributed by atoms with E-state index in [1.54, 1.807) is 22.9 Å². The number of carbonyl (C=O) groups is 3. The first kappa shape index (κ1) is 21.3. The van der Waals surface area contributed by atoms with Gasteiger partial charge in [-0.2, -0.15) is 5.10 Å². The fourth-order valence-corrected chi connectivity index (χ4v) is 4.85. The van der Waals surface area contributed by atoms with Gasteiger partial charge in [-0.1, -0.05) is 30.5 Å². The molecule has 4 rings (SSSR count). The Labute approximate surface area is 187 Å². The van der Waals surface area contributed by atoms with E-state index in [1.807, 2.05) is 19.1 Å². The Kier molecular flexibility index (Phi) is 6.24. The number of thiophene rings is 1. The number of aryl methyl sites for hydroxylation is 1. The van der Waals surface area contributed by atoms with Crippen LogP contribution in [0.2, 0.25) is 5.02 Å². The second-order valence-electron chi connectivity index (χ2n) is 7.39. The highest BCUT2D eigenvalue weighted by Gasteiger charge is 2.21. The summed E-state index contributed by atoms with van der Waals surface area (Å²) < 4.78 is 6.81. The van der Waals surface area contributed by atoms with Crippen LogP contribution in [0, 0.1) is 6.92 Å². The molecule has 0 saturated heterocycles. The lowest BCUT2D eigenvalue weighted by Gasteiger charge is -2.12. The van der Waals surface area contributed by atoms with Gasteiger partial charge in [-0.05, 0) is 44.0 Å². The van der Waals surface area contributed by atoms with E-state index in [-0.39, 0.29) is 6.04 Å². The normalized spacial score (nSPS) is 14.0. The average molecular weight is 461 g/mol. The molecular formula is C21H21ClN4O4S. The Morgan fingerprint density at radius 2 is 2.03 bits per heavy atom. The minimum atomic E-state index is -0.675. The number of ether oxygens (including phenoxy) is 1. The van der Waals surface area contributed by atoms with Gasteiger partial charge in [0, 0.05) is 16.5 Å². The van der Waals surface area contributed by atoms with Crippen LogP contribution in [0.5, 0.6) is 0 Å². The van der Waals surface area contributed by atoms with E-state index in [0.29, 0.717) is 9.90 Å². The van der Waals surface area contributed by atoms with E-state index in [2.05, 4.69) is 15.7 Å². The zero-order valence-electron chi connectivity index (χ0n) is 16.8. The van der Waals surface area contributed by atoms with Crippen molar-refractivity contribution >= 4 is 51.1 Å². The quantitative estimate of drug-likeness (QED) is 0.561. The van der Waals surface area contributed by atoms with E-state index in [1.165, 1.54) is 11.3 Å². The Bertz CT molecular complexity index is 1150. The molecule has 1 fully saturated rings. The van der Waals surface area contributed by atoms with Gasteiger partial charge in [0.1, 0.15) is 9.71 Å². The number of urea groups is 1. The Hall–Kier alpha value is -2.91. The number of carbonyl (C=O) groups excluding carboxylic acids is 3. The van der Waals surface area contributed by atoms with Crippen molar-refractivity contribution in [3.05, 3.63) is 45.9 Å². The van der Waals surface area contributed by atoms with E-state index < -0.39 is 24.5 Å². The number of nitrogens with zero attached hydrogens (tertiary/aromatic N) is 2. The van der Waals surface area contributed by atoms with E-state index in [9.17, 15) is 14.4 Å². The van der Waals surface area contributed by atoms with Gasteiger partial charge >= 0.3 is 12.0 Å². The van der Waals surface area contributed by atoms with Crippen molar-refractivity contribution in [1.82, 2.24) is 20.4 Å². The van der Waals surface area contributed by atoms with Crippen LogP contribution in [0.3, 0.4) is 0 Å². The molecule has 3 aromatic rings. The summed E-state index contributed by atoms with van der Waals surface area (Å²) in [6, 6.07) is 8.47. The number of aromatic nitrogens is 2. The number of hydrogen-bond donors (Lipinski definition) is 2. The number of halogens is 1. The third kappa shape index (κ3) is 4.88. The maximum absolute atomic E-state index is 12.5. The molecule has 31 heavy (non-hydrogen) atoms. The summed E-state index contributed by atoms with van der Waals surface area (Å²) >= 11 is 7.30. The summed E-state index contributed by atoms with van der Waals surface area (Å²) in [7, 11) is 0. The minimum absolute atomic E-state index is 0.0937. The number of amides is 3. The van der Waals surface area contributed by atoms with Crippen molar-refractivity contribution in [2.75, 3.05) is 6.61 Å². The predicted octanol–water partition coefficient (Wildman–Crippen LogP) is 3.97. The summed E-state index contributed by atoms with van der Waals surface area (Å²) in [4.78, 5) is 37.3. The van der Waals surface area contributed by atoms with Crippen molar-refractivity contribution in [3.63, 3.8) is 0 Å². The molecule has 0 unspecified atom stereocenters. The highest BCUT2D eigenvalue weighted by Crippen LogP contribution is 2.31. The summed E-state index contributed by atoms with van der Waals surface area (Å²) in [5, 5.41) is 10.9. The second kappa shape index (κ2) is 9.07. The molecule has 0 atom stereocenters. The lowest BCUT2D eigenvalue weighted by molar-refractivity contribution is -0.123.